The van der Waals surface area contributed by atoms with Crippen LogP contribution < -0.4 is 0 Å². The second-order valence-corrected chi connectivity index (χ2v) is 7.14. The molecule has 4 heteroatoms. The number of nitrogens with zero attached hydrogens (tertiary/aromatic N) is 2. The Labute approximate surface area is 132 Å². The minimum atomic E-state index is -0.153. The monoisotopic (exact) mass is 304 g/mol. The molecule has 1 aliphatic carbocycles. The van der Waals surface area contributed by atoms with Crippen LogP contribution >= 0.6 is 0 Å². The van der Waals surface area contributed by atoms with Gasteiger partial charge in [0.25, 0.3) is 0 Å². The van der Waals surface area contributed by atoms with Crippen molar-refractivity contribution in [2.75, 3.05) is 32.8 Å². The lowest BCUT2D eigenvalue weighted by Crippen LogP contribution is -2.49. The fraction of sp³-hybridized carbons (Fsp3) is 0.667. The molecule has 1 saturated carbocycles. The molecule has 0 N–H and O–H groups in total. The van der Waals surface area contributed by atoms with Gasteiger partial charge in [0.2, 0.25) is 0 Å². The molecule has 1 aromatic carbocycles. The molecular weight excluding hydrogens is 279 g/mol. The van der Waals surface area contributed by atoms with Crippen LogP contribution in [-0.4, -0.2) is 54.7 Å². The van der Waals surface area contributed by atoms with Crippen LogP contribution in [0.25, 0.3) is 0 Å². The van der Waals surface area contributed by atoms with Crippen LogP contribution in [-0.2, 0) is 11.3 Å². The molecule has 1 aromatic rings. The Morgan fingerprint density at radius 2 is 1.91 bits per heavy atom. The van der Waals surface area contributed by atoms with Crippen molar-refractivity contribution < 1.29 is 9.13 Å². The highest BCUT2D eigenvalue weighted by atomic mass is 19.1. The quantitative estimate of drug-likeness (QED) is 0.831. The van der Waals surface area contributed by atoms with Gasteiger partial charge in [-0.2, -0.15) is 0 Å². The molecule has 2 saturated heterocycles. The third kappa shape index (κ3) is 3.50. The second-order valence-electron chi connectivity index (χ2n) is 7.14. The van der Waals surface area contributed by atoms with Gasteiger partial charge in [-0.25, -0.2) is 4.39 Å². The highest BCUT2D eigenvalue weighted by molar-refractivity contribution is 5.16. The zero-order chi connectivity index (χ0) is 14.9. The fourth-order valence-electron chi connectivity index (χ4n) is 3.73. The number of hydrogen-bond acceptors (Lipinski definition) is 3. The Hall–Kier alpha value is -0.970. The summed E-state index contributed by atoms with van der Waals surface area (Å²) >= 11 is 0. The summed E-state index contributed by atoms with van der Waals surface area (Å²) < 4.78 is 19.1. The number of fused-ring (bicyclic) bond motifs is 1. The summed E-state index contributed by atoms with van der Waals surface area (Å²) in [6.45, 7) is 6.36. The average Bonchev–Trinajstić information content (AvgIpc) is 3.26. The van der Waals surface area contributed by atoms with E-state index in [0.29, 0.717) is 12.1 Å². The molecule has 0 unspecified atom stereocenters. The van der Waals surface area contributed by atoms with Gasteiger partial charge in [-0.1, -0.05) is 12.1 Å². The van der Waals surface area contributed by atoms with Crippen LogP contribution in [0.1, 0.15) is 24.8 Å². The van der Waals surface area contributed by atoms with E-state index < -0.39 is 0 Å². The van der Waals surface area contributed by atoms with Gasteiger partial charge < -0.3 is 4.74 Å². The fourth-order valence-corrected chi connectivity index (χ4v) is 3.73. The van der Waals surface area contributed by atoms with Crippen molar-refractivity contribution >= 4 is 0 Å². The van der Waals surface area contributed by atoms with Gasteiger partial charge in [-0.05, 0) is 42.9 Å². The maximum atomic E-state index is 13.0. The Morgan fingerprint density at radius 1 is 1.09 bits per heavy atom. The molecule has 0 amide bonds. The summed E-state index contributed by atoms with van der Waals surface area (Å²) in [7, 11) is 0. The second kappa shape index (κ2) is 6.26. The molecule has 3 fully saturated rings. The van der Waals surface area contributed by atoms with Gasteiger partial charge in [-0.15, -0.1) is 0 Å². The number of benzene rings is 1. The molecule has 4 rings (SSSR count). The lowest BCUT2D eigenvalue weighted by Gasteiger charge is -2.37. The van der Waals surface area contributed by atoms with Crippen molar-refractivity contribution in [1.82, 2.24) is 9.80 Å². The maximum Gasteiger partial charge on any atom is 0.123 e. The van der Waals surface area contributed by atoms with E-state index in [4.69, 9.17) is 4.74 Å². The van der Waals surface area contributed by atoms with Crippen LogP contribution in [0.3, 0.4) is 0 Å². The van der Waals surface area contributed by atoms with Crippen molar-refractivity contribution in [3.8, 4) is 0 Å². The van der Waals surface area contributed by atoms with Gasteiger partial charge >= 0.3 is 0 Å². The first-order valence-electron chi connectivity index (χ1n) is 8.59. The van der Waals surface area contributed by atoms with Gasteiger partial charge in [-0.3, -0.25) is 9.80 Å². The standard InChI is InChI=1S/C18H25FN2O/c19-16-5-3-14(4-6-16)10-20-7-8-21-12-18(9-17(21)11-20)22-13-15-1-2-15/h3-6,15,17-18H,1-2,7-13H2/t17-,18+/m0/s1. The van der Waals surface area contributed by atoms with E-state index in [1.165, 1.54) is 24.8 Å². The van der Waals surface area contributed by atoms with E-state index in [1.54, 1.807) is 12.1 Å². The number of halogens is 1. The van der Waals surface area contributed by atoms with E-state index in [9.17, 15) is 4.39 Å². The molecule has 2 heterocycles. The van der Waals surface area contributed by atoms with Crippen molar-refractivity contribution in [2.24, 2.45) is 5.92 Å². The lowest BCUT2D eigenvalue weighted by molar-refractivity contribution is 0.0508. The first kappa shape index (κ1) is 14.6. The largest absolute Gasteiger partial charge is 0.377 e. The summed E-state index contributed by atoms with van der Waals surface area (Å²) in [6.07, 6.45) is 4.35. The van der Waals surface area contributed by atoms with Crippen molar-refractivity contribution in [1.29, 1.82) is 0 Å². The van der Waals surface area contributed by atoms with E-state index in [0.717, 1.165) is 45.2 Å². The van der Waals surface area contributed by atoms with Crippen LogP contribution in [0.2, 0.25) is 0 Å². The summed E-state index contributed by atoms with van der Waals surface area (Å²) in [5.41, 5.74) is 1.20. The SMILES string of the molecule is Fc1ccc(CN2CCN3C[C@H](OCC4CC4)C[C@H]3C2)cc1. The van der Waals surface area contributed by atoms with Gasteiger partial charge in [0.1, 0.15) is 5.82 Å². The van der Waals surface area contributed by atoms with Crippen LogP contribution in [0.4, 0.5) is 4.39 Å². The van der Waals surface area contributed by atoms with Crippen molar-refractivity contribution in [3.05, 3.63) is 35.6 Å². The third-order valence-corrected chi connectivity index (χ3v) is 5.25. The van der Waals surface area contributed by atoms with E-state index in [-0.39, 0.29) is 5.82 Å². The maximum absolute atomic E-state index is 13.0. The molecule has 0 radical (unpaired) electrons. The van der Waals surface area contributed by atoms with Gasteiger partial charge in [0, 0.05) is 45.4 Å². The molecular formula is C18H25FN2O. The topological polar surface area (TPSA) is 15.7 Å². The highest BCUT2D eigenvalue weighted by Gasteiger charge is 2.37. The molecule has 3 aliphatic rings. The van der Waals surface area contributed by atoms with E-state index in [2.05, 4.69) is 9.80 Å². The molecule has 0 aromatic heterocycles. The molecule has 120 valence electrons. The van der Waals surface area contributed by atoms with E-state index >= 15 is 0 Å². The summed E-state index contributed by atoms with van der Waals surface area (Å²) in [5.74, 6) is 0.701. The van der Waals surface area contributed by atoms with Crippen LogP contribution in [0.15, 0.2) is 24.3 Å². The van der Waals surface area contributed by atoms with Crippen LogP contribution in [0.5, 0.6) is 0 Å². The Bertz CT molecular complexity index is 502. The molecule has 22 heavy (non-hydrogen) atoms. The zero-order valence-electron chi connectivity index (χ0n) is 13.1. The third-order valence-electron chi connectivity index (χ3n) is 5.25. The zero-order valence-corrected chi connectivity index (χ0v) is 13.1. The predicted octanol–water partition coefficient (Wildman–Crippen LogP) is 2.51. The van der Waals surface area contributed by atoms with Crippen LogP contribution in [0, 0.1) is 11.7 Å². The molecule has 2 aliphatic heterocycles. The predicted molar refractivity (Wildman–Crippen MR) is 84.1 cm³/mol. The Balaban J connectivity index is 1.28. The Kier molecular flexibility index (Phi) is 4.16. The minimum Gasteiger partial charge on any atom is -0.377 e. The number of rotatable bonds is 5. The van der Waals surface area contributed by atoms with Gasteiger partial charge in [0.05, 0.1) is 6.10 Å². The molecule has 0 bridgehead atoms. The molecule has 3 nitrogen and oxygen atoms in total. The summed E-state index contributed by atoms with van der Waals surface area (Å²) in [6, 6.07) is 7.56. The minimum absolute atomic E-state index is 0.153. The molecule has 2 atom stereocenters. The number of ether oxygens (including phenoxy) is 1. The lowest BCUT2D eigenvalue weighted by atomic mass is 10.1. The summed E-state index contributed by atoms with van der Waals surface area (Å²) in [4.78, 5) is 5.09. The van der Waals surface area contributed by atoms with Gasteiger partial charge in [0.15, 0.2) is 0 Å². The number of hydrogen-bond donors (Lipinski definition) is 0. The Morgan fingerprint density at radius 3 is 2.68 bits per heavy atom. The first-order chi connectivity index (χ1) is 10.8. The van der Waals surface area contributed by atoms with E-state index in [1.807, 2.05) is 12.1 Å². The smallest absolute Gasteiger partial charge is 0.123 e. The first-order valence-corrected chi connectivity index (χ1v) is 8.59. The summed E-state index contributed by atoms with van der Waals surface area (Å²) in [5, 5.41) is 0. The highest BCUT2D eigenvalue weighted by Crippen LogP contribution is 2.31. The number of piperazine rings is 1. The molecule has 0 spiro atoms. The normalized spacial score (nSPS) is 29.7. The average molecular weight is 304 g/mol. The van der Waals surface area contributed by atoms with Crippen molar-refractivity contribution in [3.63, 3.8) is 0 Å². The van der Waals surface area contributed by atoms with Crippen molar-refractivity contribution in [2.45, 2.75) is 38.0 Å².